The molecule has 112 valence electrons. The van der Waals surface area contributed by atoms with Crippen molar-refractivity contribution in [3.63, 3.8) is 0 Å². The van der Waals surface area contributed by atoms with Crippen LogP contribution in [0.4, 0.5) is 15.9 Å². The van der Waals surface area contributed by atoms with E-state index in [2.05, 4.69) is 9.71 Å². The number of hydrogen-bond donors (Lipinski definition) is 2. The van der Waals surface area contributed by atoms with Crippen LogP contribution in [0.15, 0.2) is 47.4 Å². The zero-order chi connectivity index (χ0) is 15.3. The molecule has 0 amide bonds. The SMILES string of the molecule is Nc1ccc(SCCS(=O)(=O)Nc2cccc(F)n2)cc1. The van der Waals surface area contributed by atoms with Crippen LogP contribution in [0.2, 0.25) is 0 Å². The standard InChI is InChI=1S/C13H14FN3O2S2/c14-12-2-1-3-13(16-12)17-21(18,19)9-8-20-11-6-4-10(15)5-7-11/h1-7H,8-9,15H2,(H,16,17). The minimum atomic E-state index is -3.55. The number of hydrogen-bond acceptors (Lipinski definition) is 5. The van der Waals surface area contributed by atoms with Crippen LogP contribution in [0.5, 0.6) is 0 Å². The fraction of sp³-hybridized carbons (Fsp3) is 0.154. The highest BCUT2D eigenvalue weighted by molar-refractivity contribution is 8.01. The Morgan fingerprint density at radius 3 is 2.57 bits per heavy atom. The molecule has 8 heteroatoms. The molecule has 0 bridgehead atoms. The van der Waals surface area contributed by atoms with E-state index in [4.69, 9.17) is 5.73 Å². The second kappa shape index (κ2) is 6.77. The van der Waals surface area contributed by atoms with E-state index in [1.54, 1.807) is 12.1 Å². The summed E-state index contributed by atoms with van der Waals surface area (Å²) in [5.41, 5.74) is 6.23. The zero-order valence-corrected chi connectivity index (χ0v) is 12.6. The number of thioether (sulfide) groups is 1. The first kappa shape index (κ1) is 15.6. The number of nitrogen functional groups attached to an aromatic ring is 1. The summed E-state index contributed by atoms with van der Waals surface area (Å²) in [5, 5.41) is 0. The van der Waals surface area contributed by atoms with Gasteiger partial charge in [-0.25, -0.2) is 13.4 Å². The monoisotopic (exact) mass is 327 g/mol. The summed E-state index contributed by atoms with van der Waals surface area (Å²) in [6.07, 6.45) is 0. The number of rotatable bonds is 6. The predicted molar refractivity (Wildman–Crippen MR) is 83.2 cm³/mol. The van der Waals surface area contributed by atoms with Crippen LogP contribution >= 0.6 is 11.8 Å². The molecule has 0 radical (unpaired) electrons. The first-order valence-corrected chi connectivity index (χ1v) is 8.70. The molecule has 0 aliphatic carbocycles. The average molecular weight is 327 g/mol. The quantitative estimate of drug-likeness (QED) is 0.483. The number of nitrogens with two attached hydrogens (primary N) is 1. The fourth-order valence-corrected chi connectivity index (χ4v) is 3.82. The van der Waals surface area contributed by atoms with Crippen LogP contribution < -0.4 is 10.5 Å². The van der Waals surface area contributed by atoms with Gasteiger partial charge in [0.05, 0.1) is 5.75 Å². The van der Waals surface area contributed by atoms with Crippen molar-refractivity contribution < 1.29 is 12.8 Å². The number of nitrogens with one attached hydrogen (secondary N) is 1. The van der Waals surface area contributed by atoms with Gasteiger partial charge in [-0.1, -0.05) is 6.07 Å². The van der Waals surface area contributed by atoms with Crippen LogP contribution in [0.25, 0.3) is 0 Å². The summed E-state index contributed by atoms with van der Waals surface area (Å²) in [4.78, 5) is 4.39. The van der Waals surface area contributed by atoms with Crippen molar-refractivity contribution in [1.82, 2.24) is 4.98 Å². The van der Waals surface area contributed by atoms with Crippen molar-refractivity contribution in [2.45, 2.75) is 4.90 Å². The molecule has 1 heterocycles. The summed E-state index contributed by atoms with van der Waals surface area (Å²) in [6, 6.07) is 11.1. The molecule has 0 fully saturated rings. The third-order valence-corrected chi connectivity index (χ3v) is 5.01. The Kier molecular flexibility index (Phi) is 5.03. The Balaban J connectivity index is 1.88. The van der Waals surface area contributed by atoms with Crippen LogP contribution in [0, 0.1) is 5.95 Å². The molecular formula is C13H14FN3O2S2. The molecule has 0 aliphatic heterocycles. The van der Waals surface area contributed by atoms with Gasteiger partial charge in [-0.15, -0.1) is 11.8 Å². The van der Waals surface area contributed by atoms with E-state index in [0.717, 1.165) is 11.0 Å². The zero-order valence-electron chi connectivity index (χ0n) is 11.0. The minimum Gasteiger partial charge on any atom is -0.399 e. The van der Waals surface area contributed by atoms with Gasteiger partial charge in [-0.2, -0.15) is 4.39 Å². The number of pyridine rings is 1. The lowest BCUT2D eigenvalue weighted by Crippen LogP contribution is -2.19. The largest absolute Gasteiger partial charge is 0.399 e. The number of nitrogens with zero attached hydrogens (tertiary/aromatic N) is 1. The second-order valence-electron chi connectivity index (χ2n) is 4.18. The predicted octanol–water partition coefficient (Wildman–Crippen LogP) is 2.34. The van der Waals surface area contributed by atoms with Gasteiger partial charge in [0.1, 0.15) is 5.82 Å². The molecule has 1 aromatic heterocycles. The van der Waals surface area contributed by atoms with E-state index in [0.29, 0.717) is 11.4 Å². The number of sulfonamides is 1. The van der Waals surface area contributed by atoms with Crippen molar-refractivity contribution >= 4 is 33.3 Å². The maximum Gasteiger partial charge on any atom is 0.234 e. The maximum atomic E-state index is 12.9. The lowest BCUT2D eigenvalue weighted by atomic mass is 10.3. The maximum absolute atomic E-state index is 12.9. The summed E-state index contributed by atoms with van der Waals surface area (Å²) in [6.45, 7) is 0. The Labute approximate surface area is 126 Å². The molecule has 3 N–H and O–H groups in total. The van der Waals surface area contributed by atoms with Crippen molar-refractivity contribution in [2.24, 2.45) is 0 Å². The average Bonchev–Trinajstić information content (AvgIpc) is 2.40. The molecule has 5 nitrogen and oxygen atoms in total. The van der Waals surface area contributed by atoms with Gasteiger partial charge in [-0.3, -0.25) is 4.72 Å². The molecule has 0 saturated carbocycles. The van der Waals surface area contributed by atoms with Crippen LogP contribution in [-0.4, -0.2) is 24.9 Å². The molecule has 21 heavy (non-hydrogen) atoms. The van der Waals surface area contributed by atoms with Crippen molar-refractivity contribution in [1.29, 1.82) is 0 Å². The van der Waals surface area contributed by atoms with Gasteiger partial charge < -0.3 is 5.73 Å². The lowest BCUT2D eigenvalue weighted by molar-refractivity contribution is 0.584. The van der Waals surface area contributed by atoms with E-state index in [9.17, 15) is 12.8 Å². The summed E-state index contributed by atoms with van der Waals surface area (Å²) in [7, 11) is -3.55. The van der Waals surface area contributed by atoms with Crippen molar-refractivity contribution in [3.8, 4) is 0 Å². The fourth-order valence-electron chi connectivity index (χ4n) is 1.51. The first-order chi connectivity index (χ1) is 9.94. The van der Waals surface area contributed by atoms with E-state index >= 15 is 0 Å². The van der Waals surface area contributed by atoms with Gasteiger partial charge in [0.15, 0.2) is 0 Å². The Morgan fingerprint density at radius 2 is 1.90 bits per heavy atom. The van der Waals surface area contributed by atoms with E-state index in [-0.39, 0.29) is 11.6 Å². The Morgan fingerprint density at radius 1 is 1.19 bits per heavy atom. The molecule has 0 aliphatic rings. The van der Waals surface area contributed by atoms with E-state index in [1.807, 2.05) is 12.1 Å². The second-order valence-corrected chi connectivity index (χ2v) is 7.19. The number of benzene rings is 1. The highest BCUT2D eigenvalue weighted by Crippen LogP contribution is 2.19. The molecule has 0 spiro atoms. The number of anilines is 2. The van der Waals surface area contributed by atoms with Crippen molar-refractivity contribution in [3.05, 3.63) is 48.4 Å². The molecule has 0 unspecified atom stereocenters. The lowest BCUT2D eigenvalue weighted by Gasteiger charge is -2.07. The molecule has 2 rings (SSSR count). The Bertz CT molecular complexity index is 706. The van der Waals surface area contributed by atoms with Crippen LogP contribution in [-0.2, 0) is 10.0 Å². The smallest absolute Gasteiger partial charge is 0.234 e. The summed E-state index contributed by atoms with van der Waals surface area (Å²) < 4.78 is 38.8. The highest BCUT2D eigenvalue weighted by Gasteiger charge is 2.11. The van der Waals surface area contributed by atoms with Gasteiger partial charge in [-0.05, 0) is 36.4 Å². The van der Waals surface area contributed by atoms with Crippen LogP contribution in [0.3, 0.4) is 0 Å². The highest BCUT2D eigenvalue weighted by atomic mass is 32.2. The van der Waals surface area contributed by atoms with E-state index < -0.39 is 16.0 Å². The number of aromatic nitrogens is 1. The summed E-state index contributed by atoms with van der Waals surface area (Å²) >= 11 is 1.40. The molecule has 2 aromatic rings. The van der Waals surface area contributed by atoms with Gasteiger partial charge in [0, 0.05) is 16.3 Å². The molecule has 1 aromatic carbocycles. The minimum absolute atomic E-state index is 0.0208. The summed E-state index contributed by atoms with van der Waals surface area (Å²) in [5.74, 6) is -0.478. The van der Waals surface area contributed by atoms with Gasteiger partial charge in [0.2, 0.25) is 16.0 Å². The van der Waals surface area contributed by atoms with Crippen LogP contribution in [0.1, 0.15) is 0 Å². The topological polar surface area (TPSA) is 85.1 Å². The molecular weight excluding hydrogens is 313 g/mol. The van der Waals surface area contributed by atoms with E-state index in [1.165, 1.54) is 23.9 Å². The normalized spacial score (nSPS) is 11.3. The molecule has 0 atom stereocenters. The van der Waals surface area contributed by atoms with Crippen molar-refractivity contribution in [2.75, 3.05) is 22.0 Å². The molecule has 0 saturated heterocycles. The third kappa shape index (κ3) is 5.24. The Hall–Kier alpha value is -1.80. The number of halogens is 1. The third-order valence-electron chi connectivity index (χ3n) is 2.48. The van der Waals surface area contributed by atoms with Gasteiger partial charge in [0.25, 0.3) is 0 Å². The van der Waals surface area contributed by atoms with Gasteiger partial charge >= 0.3 is 0 Å². The first-order valence-electron chi connectivity index (χ1n) is 6.06.